The van der Waals surface area contributed by atoms with E-state index in [1.54, 1.807) is 12.1 Å². The number of thiophene rings is 1. The number of ketones is 1. The summed E-state index contributed by atoms with van der Waals surface area (Å²) < 4.78 is 32.2. The maximum absolute atomic E-state index is 12.4. The SMILES string of the molecule is CC1CN(S(=O)(=O)CCNC(=O)CCC(=O)c2ccc(Cl)s2)CC(C)O1. The van der Waals surface area contributed by atoms with E-state index in [2.05, 4.69) is 5.32 Å². The molecule has 2 heterocycles. The van der Waals surface area contributed by atoms with Gasteiger partial charge in [0, 0.05) is 32.5 Å². The maximum Gasteiger partial charge on any atom is 0.220 e. The van der Waals surface area contributed by atoms with E-state index < -0.39 is 10.0 Å². The Balaban J connectivity index is 1.72. The molecule has 7 nitrogen and oxygen atoms in total. The number of hydrogen-bond acceptors (Lipinski definition) is 6. The lowest BCUT2D eigenvalue weighted by atomic mass is 10.2. The number of amides is 1. The van der Waals surface area contributed by atoms with E-state index in [-0.39, 0.29) is 49.0 Å². The number of halogens is 1. The van der Waals surface area contributed by atoms with Crippen molar-refractivity contribution in [1.29, 1.82) is 0 Å². The molecule has 0 aliphatic carbocycles. The number of nitrogens with zero attached hydrogens (tertiary/aromatic N) is 1. The van der Waals surface area contributed by atoms with Crippen LogP contribution >= 0.6 is 22.9 Å². The van der Waals surface area contributed by atoms with E-state index in [0.717, 1.165) is 0 Å². The van der Waals surface area contributed by atoms with E-state index in [9.17, 15) is 18.0 Å². The Kier molecular flexibility index (Phi) is 7.60. The maximum atomic E-state index is 12.4. The van der Waals surface area contributed by atoms with Crippen molar-refractivity contribution in [3.05, 3.63) is 21.3 Å². The molecule has 1 aromatic rings. The second-order valence-electron chi connectivity index (χ2n) is 6.27. The van der Waals surface area contributed by atoms with Gasteiger partial charge in [-0.05, 0) is 26.0 Å². The molecule has 2 rings (SSSR count). The fourth-order valence-corrected chi connectivity index (χ4v) is 5.21. The average molecular weight is 423 g/mol. The third-order valence-corrected chi connectivity index (χ3v) is 6.97. The molecule has 0 radical (unpaired) electrons. The highest BCUT2D eigenvalue weighted by atomic mass is 35.5. The van der Waals surface area contributed by atoms with Crippen molar-refractivity contribution < 1.29 is 22.7 Å². The molecule has 0 spiro atoms. The third kappa shape index (κ3) is 6.31. The number of hydrogen-bond donors (Lipinski definition) is 1. The minimum atomic E-state index is -3.46. The third-order valence-electron chi connectivity index (χ3n) is 3.89. The van der Waals surface area contributed by atoms with Crippen molar-refractivity contribution >= 4 is 44.7 Å². The zero-order chi connectivity index (χ0) is 19.3. The quantitative estimate of drug-likeness (QED) is 0.646. The number of carbonyl (C=O) groups is 2. The topological polar surface area (TPSA) is 92.8 Å². The Morgan fingerprint density at radius 1 is 1.27 bits per heavy atom. The number of rotatable bonds is 8. The van der Waals surface area contributed by atoms with Crippen LogP contribution in [0.4, 0.5) is 0 Å². The highest BCUT2D eigenvalue weighted by Crippen LogP contribution is 2.22. The van der Waals surface area contributed by atoms with Gasteiger partial charge in [-0.3, -0.25) is 9.59 Å². The molecular formula is C16H23ClN2O5S2. The predicted molar refractivity (Wildman–Crippen MR) is 101 cm³/mol. The van der Waals surface area contributed by atoms with Gasteiger partial charge >= 0.3 is 0 Å². The van der Waals surface area contributed by atoms with E-state index in [4.69, 9.17) is 16.3 Å². The molecule has 1 aliphatic rings. The van der Waals surface area contributed by atoms with Crippen molar-refractivity contribution in [1.82, 2.24) is 9.62 Å². The molecule has 1 fully saturated rings. The first-order valence-corrected chi connectivity index (χ1v) is 11.2. The Hall–Kier alpha value is -1.000. The molecule has 1 saturated heterocycles. The lowest BCUT2D eigenvalue weighted by Crippen LogP contribution is -2.49. The van der Waals surface area contributed by atoms with Crippen LogP contribution in [0, 0.1) is 0 Å². The molecule has 1 aromatic heterocycles. The van der Waals surface area contributed by atoms with Crippen LogP contribution in [0.25, 0.3) is 0 Å². The van der Waals surface area contributed by atoms with Crippen LogP contribution in [0.2, 0.25) is 4.34 Å². The number of carbonyl (C=O) groups excluding carboxylic acids is 2. The highest BCUT2D eigenvalue weighted by Gasteiger charge is 2.30. The smallest absolute Gasteiger partial charge is 0.220 e. The van der Waals surface area contributed by atoms with Crippen LogP contribution in [0.3, 0.4) is 0 Å². The van der Waals surface area contributed by atoms with E-state index >= 15 is 0 Å². The first-order valence-electron chi connectivity index (χ1n) is 8.36. The Labute approximate surface area is 162 Å². The molecule has 2 atom stereocenters. The molecule has 1 aliphatic heterocycles. The number of sulfonamides is 1. The Morgan fingerprint density at radius 2 is 1.92 bits per heavy atom. The van der Waals surface area contributed by atoms with Crippen LogP contribution in [0.1, 0.15) is 36.4 Å². The minimum absolute atomic E-state index is 0.0139. The van der Waals surface area contributed by atoms with Gasteiger partial charge in [-0.25, -0.2) is 8.42 Å². The van der Waals surface area contributed by atoms with Crippen molar-refractivity contribution in [2.75, 3.05) is 25.4 Å². The summed E-state index contributed by atoms with van der Waals surface area (Å²) in [5.41, 5.74) is 0. The van der Waals surface area contributed by atoms with Gasteiger partial charge in [-0.2, -0.15) is 4.31 Å². The van der Waals surface area contributed by atoms with Gasteiger partial charge in [-0.15, -0.1) is 11.3 Å². The van der Waals surface area contributed by atoms with Gasteiger partial charge < -0.3 is 10.1 Å². The first-order chi connectivity index (χ1) is 12.2. The van der Waals surface area contributed by atoms with Gasteiger partial charge in [-0.1, -0.05) is 11.6 Å². The predicted octanol–water partition coefficient (Wildman–Crippen LogP) is 1.92. The molecule has 0 saturated carbocycles. The highest BCUT2D eigenvalue weighted by molar-refractivity contribution is 7.89. The normalized spacial score (nSPS) is 21.5. The van der Waals surface area contributed by atoms with Crippen molar-refractivity contribution in [2.45, 2.75) is 38.9 Å². The summed E-state index contributed by atoms with van der Waals surface area (Å²) >= 11 is 6.95. The molecular weight excluding hydrogens is 400 g/mol. The molecule has 26 heavy (non-hydrogen) atoms. The van der Waals surface area contributed by atoms with Gasteiger partial charge in [0.25, 0.3) is 0 Å². The summed E-state index contributed by atoms with van der Waals surface area (Å²) in [5.74, 6) is -0.673. The first kappa shape index (κ1) is 21.3. The summed E-state index contributed by atoms with van der Waals surface area (Å²) in [6.07, 6.45) is -0.228. The standard InChI is InChI=1S/C16H23ClN2O5S2/c1-11-9-19(10-12(2)24-11)26(22,23)8-7-18-16(21)6-3-13(20)14-4-5-15(17)25-14/h4-5,11-12H,3,6-10H2,1-2H3,(H,18,21). The van der Waals surface area contributed by atoms with E-state index in [1.165, 1.54) is 15.6 Å². The van der Waals surface area contributed by atoms with Crippen molar-refractivity contribution in [3.63, 3.8) is 0 Å². The second-order valence-corrected chi connectivity index (χ2v) is 10.1. The van der Waals surface area contributed by atoms with E-state index in [1.807, 2.05) is 13.8 Å². The van der Waals surface area contributed by atoms with Gasteiger partial charge in [0.15, 0.2) is 5.78 Å². The summed E-state index contributed by atoms with van der Waals surface area (Å²) in [6.45, 7) is 4.31. The van der Waals surface area contributed by atoms with Gasteiger partial charge in [0.2, 0.25) is 15.9 Å². The number of ether oxygens (including phenoxy) is 1. The fraction of sp³-hybridized carbons (Fsp3) is 0.625. The molecule has 0 aromatic carbocycles. The molecule has 10 heteroatoms. The molecule has 1 N–H and O–H groups in total. The monoisotopic (exact) mass is 422 g/mol. The second kappa shape index (κ2) is 9.27. The van der Waals surface area contributed by atoms with Crippen LogP contribution in [0.15, 0.2) is 12.1 Å². The molecule has 146 valence electrons. The molecule has 1 amide bonds. The zero-order valence-corrected chi connectivity index (χ0v) is 17.1. The van der Waals surface area contributed by atoms with Crippen molar-refractivity contribution in [2.24, 2.45) is 0 Å². The van der Waals surface area contributed by atoms with Gasteiger partial charge in [0.05, 0.1) is 27.2 Å². The molecule has 0 bridgehead atoms. The molecule has 2 unspecified atom stereocenters. The summed E-state index contributed by atoms with van der Waals surface area (Å²) in [4.78, 5) is 24.3. The Bertz CT molecular complexity index is 740. The van der Waals surface area contributed by atoms with Crippen LogP contribution < -0.4 is 5.32 Å². The zero-order valence-electron chi connectivity index (χ0n) is 14.7. The fourth-order valence-electron chi connectivity index (χ4n) is 2.71. The summed E-state index contributed by atoms with van der Waals surface area (Å²) in [5, 5.41) is 2.56. The van der Waals surface area contributed by atoms with Crippen LogP contribution in [-0.4, -0.2) is 62.0 Å². The van der Waals surface area contributed by atoms with Crippen LogP contribution in [-0.2, 0) is 19.6 Å². The lowest BCUT2D eigenvalue weighted by Gasteiger charge is -2.34. The number of morpholine rings is 1. The Morgan fingerprint density at radius 3 is 2.50 bits per heavy atom. The largest absolute Gasteiger partial charge is 0.373 e. The summed E-state index contributed by atoms with van der Waals surface area (Å²) in [6, 6.07) is 3.27. The van der Waals surface area contributed by atoms with Crippen molar-refractivity contribution in [3.8, 4) is 0 Å². The average Bonchev–Trinajstić information content (AvgIpc) is 2.98. The van der Waals surface area contributed by atoms with E-state index in [0.29, 0.717) is 22.3 Å². The lowest BCUT2D eigenvalue weighted by molar-refractivity contribution is -0.120. The van der Waals surface area contributed by atoms with Gasteiger partial charge in [0.1, 0.15) is 0 Å². The summed E-state index contributed by atoms with van der Waals surface area (Å²) in [7, 11) is -3.46. The van der Waals surface area contributed by atoms with Crippen LogP contribution in [0.5, 0.6) is 0 Å². The number of nitrogens with one attached hydrogen (secondary N) is 1. The minimum Gasteiger partial charge on any atom is -0.373 e. The number of Topliss-reactive ketones (excluding diaryl/α,β-unsaturated/α-hetero) is 1.